The fraction of sp³-hybridized carbons (Fsp3) is 0.520. The average Bonchev–Trinajstić information content (AvgIpc) is 2.76. The summed E-state index contributed by atoms with van der Waals surface area (Å²) >= 11 is 5.68. The van der Waals surface area contributed by atoms with Crippen LogP contribution in [0.25, 0.3) is 11.1 Å². The molecule has 0 amide bonds. The van der Waals surface area contributed by atoms with E-state index in [0.717, 1.165) is 57.8 Å². The van der Waals surface area contributed by atoms with E-state index in [4.69, 9.17) is 21.1 Å². The zero-order chi connectivity index (χ0) is 22.0. The van der Waals surface area contributed by atoms with Gasteiger partial charge in [0.1, 0.15) is 17.5 Å². The van der Waals surface area contributed by atoms with Crippen LogP contribution in [0.4, 0.5) is 13.2 Å². The fourth-order valence-corrected chi connectivity index (χ4v) is 5.00. The maximum absolute atomic E-state index is 14.8. The molecule has 1 saturated carbocycles. The number of halogens is 4. The van der Waals surface area contributed by atoms with Crippen LogP contribution in [0.15, 0.2) is 30.3 Å². The van der Waals surface area contributed by atoms with Gasteiger partial charge in [0.25, 0.3) is 0 Å². The first-order valence-electron chi connectivity index (χ1n) is 11.1. The first kappa shape index (κ1) is 22.6. The van der Waals surface area contributed by atoms with E-state index in [9.17, 15) is 13.2 Å². The van der Waals surface area contributed by atoms with Crippen molar-refractivity contribution in [1.82, 2.24) is 0 Å². The summed E-state index contributed by atoms with van der Waals surface area (Å²) in [5, 5.41) is -0.0789. The van der Waals surface area contributed by atoms with E-state index < -0.39 is 17.5 Å². The van der Waals surface area contributed by atoms with E-state index in [-0.39, 0.29) is 28.4 Å². The molecule has 1 aliphatic carbocycles. The van der Waals surface area contributed by atoms with Crippen molar-refractivity contribution in [2.45, 2.75) is 57.7 Å². The standard InChI is InChI=1S/C25H28ClF3O2/c1-2-3-15-13-30-25(31-14-15)17-6-4-16(5-7-17)19-11-22(28)24(23(29)12-19)18-8-9-20(26)21(27)10-18/h8-12,15-17,25H,2-7,13-14H2,1H3. The average molecular weight is 453 g/mol. The van der Waals surface area contributed by atoms with Gasteiger partial charge in [0, 0.05) is 11.8 Å². The molecule has 0 aromatic heterocycles. The van der Waals surface area contributed by atoms with Gasteiger partial charge in [-0.1, -0.05) is 31.0 Å². The van der Waals surface area contributed by atoms with Gasteiger partial charge in [-0.05, 0) is 73.4 Å². The molecule has 4 rings (SSSR count). The Morgan fingerprint density at radius 2 is 1.55 bits per heavy atom. The molecule has 0 spiro atoms. The van der Waals surface area contributed by atoms with E-state index >= 15 is 0 Å². The largest absolute Gasteiger partial charge is 0.352 e. The van der Waals surface area contributed by atoms with Gasteiger partial charge in [-0.3, -0.25) is 0 Å². The number of benzene rings is 2. The minimum atomic E-state index is -0.700. The summed E-state index contributed by atoms with van der Waals surface area (Å²) in [4.78, 5) is 0. The number of hydrogen-bond donors (Lipinski definition) is 0. The van der Waals surface area contributed by atoms with Crippen LogP contribution in [-0.4, -0.2) is 19.5 Å². The molecule has 2 fully saturated rings. The lowest BCUT2D eigenvalue weighted by Gasteiger charge is -2.37. The summed E-state index contributed by atoms with van der Waals surface area (Å²) in [6.07, 6.45) is 5.56. The van der Waals surface area contributed by atoms with Gasteiger partial charge in [-0.25, -0.2) is 13.2 Å². The van der Waals surface area contributed by atoms with Gasteiger partial charge < -0.3 is 9.47 Å². The Morgan fingerprint density at radius 3 is 2.13 bits per heavy atom. The highest BCUT2D eigenvalue weighted by Gasteiger charge is 2.33. The molecule has 2 aromatic rings. The Hall–Kier alpha value is -1.56. The molecule has 168 valence electrons. The molecular formula is C25H28ClF3O2. The van der Waals surface area contributed by atoms with Gasteiger partial charge in [0.15, 0.2) is 6.29 Å². The highest BCUT2D eigenvalue weighted by Crippen LogP contribution is 2.40. The maximum Gasteiger partial charge on any atom is 0.160 e. The van der Waals surface area contributed by atoms with Crippen molar-refractivity contribution < 1.29 is 22.6 Å². The second-order valence-corrected chi connectivity index (χ2v) is 9.20. The van der Waals surface area contributed by atoms with Crippen molar-refractivity contribution in [1.29, 1.82) is 0 Å². The molecule has 6 heteroatoms. The molecule has 0 radical (unpaired) electrons. The van der Waals surface area contributed by atoms with Crippen LogP contribution in [0, 0.1) is 29.3 Å². The summed E-state index contributed by atoms with van der Waals surface area (Å²) in [5.74, 6) is -1.17. The van der Waals surface area contributed by atoms with Gasteiger partial charge >= 0.3 is 0 Å². The number of rotatable bonds is 5. The van der Waals surface area contributed by atoms with E-state index in [2.05, 4.69) is 6.92 Å². The Balaban J connectivity index is 1.40. The summed E-state index contributed by atoms with van der Waals surface area (Å²) in [6.45, 7) is 3.67. The lowest BCUT2D eigenvalue weighted by Crippen LogP contribution is -2.38. The van der Waals surface area contributed by atoms with E-state index in [1.54, 1.807) is 0 Å². The molecular weight excluding hydrogens is 425 g/mol. The lowest BCUT2D eigenvalue weighted by atomic mass is 9.78. The topological polar surface area (TPSA) is 18.5 Å². The van der Waals surface area contributed by atoms with Crippen LogP contribution in [0.2, 0.25) is 5.02 Å². The van der Waals surface area contributed by atoms with Crippen molar-refractivity contribution >= 4 is 11.6 Å². The van der Waals surface area contributed by atoms with Gasteiger partial charge in [-0.15, -0.1) is 0 Å². The molecule has 0 unspecified atom stereocenters. The predicted molar refractivity (Wildman–Crippen MR) is 116 cm³/mol. The van der Waals surface area contributed by atoms with Crippen LogP contribution in [-0.2, 0) is 9.47 Å². The van der Waals surface area contributed by atoms with Crippen LogP contribution in [0.5, 0.6) is 0 Å². The quantitative estimate of drug-likeness (QED) is 0.468. The van der Waals surface area contributed by atoms with Crippen LogP contribution in [0.1, 0.15) is 56.9 Å². The smallest absolute Gasteiger partial charge is 0.160 e. The first-order chi connectivity index (χ1) is 15.0. The SMILES string of the molecule is CCCC1COC(C2CCC(c3cc(F)c(-c4ccc(Cl)c(F)c4)c(F)c3)CC2)OC1. The third-order valence-corrected chi connectivity index (χ3v) is 6.90. The molecule has 1 heterocycles. The molecule has 0 atom stereocenters. The summed E-state index contributed by atoms with van der Waals surface area (Å²) in [6, 6.07) is 6.56. The molecule has 31 heavy (non-hydrogen) atoms. The van der Waals surface area contributed by atoms with Crippen molar-refractivity contribution in [3.63, 3.8) is 0 Å². The van der Waals surface area contributed by atoms with Gasteiger partial charge in [0.2, 0.25) is 0 Å². The summed E-state index contributed by atoms with van der Waals surface area (Å²) in [7, 11) is 0. The van der Waals surface area contributed by atoms with Crippen molar-refractivity contribution in [2.24, 2.45) is 11.8 Å². The maximum atomic E-state index is 14.8. The zero-order valence-corrected chi connectivity index (χ0v) is 18.4. The van der Waals surface area contributed by atoms with E-state index in [1.807, 2.05) is 0 Å². The summed E-state index contributed by atoms with van der Waals surface area (Å²) < 4.78 is 55.3. The number of ether oxygens (including phenoxy) is 2. The zero-order valence-electron chi connectivity index (χ0n) is 17.7. The molecule has 2 aromatic carbocycles. The molecule has 2 nitrogen and oxygen atoms in total. The van der Waals surface area contributed by atoms with Crippen molar-refractivity contribution in [3.8, 4) is 11.1 Å². The van der Waals surface area contributed by atoms with Crippen LogP contribution < -0.4 is 0 Å². The normalized spacial score (nSPS) is 26.7. The second-order valence-electron chi connectivity index (χ2n) is 8.79. The highest BCUT2D eigenvalue weighted by atomic mass is 35.5. The van der Waals surface area contributed by atoms with Gasteiger partial charge in [0.05, 0.1) is 23.8 Å². The fourth-order valence-electron chi connectivity index (χ4n) is 4.89. The monoisotopic (exact) mass is 452 g/mol. The molecule has 0 N–H and O–H groups in total. The Morgan fingerprint density at radius 1 is 0.903 bits per heavy atom. The highest BCUT2D eigenvalue weighted by molar-refractivity contribution is 6.30. The molecule has 0 bridgehead atoms. The third kappa shape index (κ3) is 5.10. The third-order valence-electron chi connectivity index (χ3n) is 6.59. The Labute approximate surface area is 186 Å². The van der Waals surface area contributed by atoms with E-state index in [0.29, 0.717) is 17.4 Å². The first-order valence-corrected chi connectivity index (χ1v) is 11.5. The Bertz CT molecular complexity index is 881. The minimum Gasteiger partial charge on any atom is -0.352 e. The molecule has 1 saturated heterocycles. The Kier molecular flexibility index (Phi) is 7.25. The summed E-state index contributed by atoms with van der Waals surface area (Å²) in [5.41, 5.74) is 0.568. The number of hydrogen-bond acceptors (Lipinski definition) is 2. The molecule has 1 aliphatic heterocycles. The van der Waals surface area contributed by atoms with Crippen molar-refractivity contribution in [3.05, 3.63) is 58.4 Å². The van der Waals surface area contributed by atoms with E-state index in [1.165, 1.54) is 24.3 Å². The van der Waals surface area contributed by atoms with Crippen molar-refractivity contribution in [2.75, 3.05) is 13.2 Å². The molecule has 2 aliphatic rings. The van der Waals surface area contributed by atoms with Crippen LogP contribution >= 0.6 is 11.6 Å². The predicted octanol–water partition coefficient (Wildman–Crippen LogP) is 7.49. The minimum absolute atomic E-state index is 0.0789. The lowest BCUT2D eigenvalue weighted by molar-refractivity contribution is -0.229. The second kappa shape index (κ2) is 9.93. The van der Waals surface area contributed by atoms with Gasteiger partial charge in [-0.2, -0.15) is 0 Å². The van der Waals surface area contributed by atoms with Crippen LogP contribution in [0.3, 0.4) is 0 Å².